The molecule has 0 fully saturated rings. The topological polar surface area (TPSA) is 56.7 Å². The van der Waals surface area contributed by atoms with Crippen LogP contribution in [0.25, 0.3) is 10.9 Å². The fraction of sp³-hybridized carbons (Fsp3) is 0.263. The molecule has 0 amide bonds. The van der Waals surface area contributed by atoms with Crippen LogP contribution in [0.2, 0.25) is 0 Å². The average molecular weight is 339 g/mol. The molecule has 6 heteroatoms. The first-order chi connectivity index (χ1) is 12.2. The van der Waals surface area contributed by atoms with Crippen LogP contribution in [-0.2, 0) is 0 Å². The standard InChI is InChI=1S/C19H21N3O3/c1-22(9-10-25-14-7-5-4-6-8-14)19-15-11-17(23-2)18(24-3)12-16(15)20-13-21-19/h4-8,11-13H,9-10H2,1-3H3. The lowest BCUT2D eigenvalue weighted by atomic mass is 10.2. The monoisotopic (exact) mass is 339 g/mol. The van der Waals surface area contributed by atoms with Crippen LogP contribution in [0.4, 0.5) is 5.82 Å². The predicted octanol–water partition coefficient (Wildman–Crippen LogP) is 3.16. The molecule has 1 aromatic heterocycles. The highest BCUT2D eigenvalue weighted by Crippen LogP contribution is 2.34. The van der Waals surface area contributed by atoms with Crippen molar-refractivity contribution in [1.82, 2.24) is 9.97 Å². The molecule has 3 aromatic rings. The maximum absolute atomic E-state index is 5.76. The van der Waals surface area contributed by atoms with Gasteiger partial charge >= 0.3 is 0 Å². The molecule has 0 N–H and O–H groups in total. The van der Waals surface area contributed by atoms with Gasteiger partial charge in [-0.15, -0.1) is 0 Å². The van der Waals surface area contributed by atoms with Gasteiger partial charge in [-0.2, -0.15) is 0 Å². The summed E-state index contributed by atoms with van der Waals surface area (Å²) in [5.74, 6) is 2.98. The Kier molecular flexibility index (Phi) is 5.18. The van der Waals surface area contributed by atoms with Crippen LogP contribution in [0.15, 0.2) is 48.8 Å². The van der Waals surface area contributed by atoms with Crippen LogP contribution < -0.4 is 19.1 Å². The van der Waals surface area contributed by atoms with Crippen molar-refractivity contribution >= 4 is 16.7 Å². The number of fused-ring (bicyclic) bond motifs is 1. The zero-order valence-corrected chi connectivity index (χ0v) is 14.6. The first kappa shape index (κ1) is 16.8. The van der Waals surface area contributed by atoms with E-state index in [9.17, 15) is 0 Å². The van der Waals surface area contributed by atoms with Gasteiger partial charge in [0.25, 0.3) is 0 Å². The summed E-state index contributed by atoms with van der Waals surface area (Å²) in [5.41, 5.74) is 0.804. The molecular formula is C19H21N3O3. The lowest BCUT2D eigenvalue weighted by Gasteiger charge is -2.20. The second-order valence-electron chi connectivity index (χ2n) is 5.50. The predicted molar refractivity (Wildman–Crippen MR) is 97.8 cm³/mol. The van der Waals surface area contributed by atoms with E-state index in [0.29, 0.717) is 24.7 Å². The van der Waals surface area contributed by atoms with E-state index in [1.807, 2.05) is 54.4 Å². The molecule has 130 valence electrons. The van der Waals surface area contributed by atoms with Crippen molar-refractivity contribution < 1.29 is 14.2 Å². The van der Waals surface area contributed by atoms with Gasteiger partial charge in [0.2, 0.25) is 0 Å². The number of methoxy groups -OCH3 is 2. The normalized spacial score (nSPS) is 10.5. The van der Waals surface area contributed by atoms with Crippen molar-refractivity contribution in [2.45, 2.75) is 0 Å². The largest absolute Gasteiger partial charge is 0.493 e. The van der Waals surface area contributed by atoms with Crippen molar-refractivity contribution in [3.05, 3.63) is 48.8 Å². The fourth-order valence-electron chi connectivity index (χ4n) is 2.60. The second kappa shape index (κ2) is 7.70. The van der Waals surface area contributed by atoms with Gasteiger partial charge in [0.15, 0.2) is 11.5 Å². The Labute approximate surface area is 147 Å². The number of benzene rings is 2. The third kappa shape index (κ3) is 3.74. The van der Waals surface area contributed by atoms with Gasteiger partial charge < -0.3 is 19.1 Å². The Morgan fingerprint density at radius 1 is 0.960 bits per heavy atom. The highest BCUT2D eigenvalue weighted by Gasteiger charge is 2.13. The summed E-state index contributed by atoms with van der Waals surface area (Å²) in [5, 5.41) is 0.905. The van der Waals surface area contributed by atoms with Crippen LogP contribution in [-0.4, -0.2) is 44.4 Å². The van der Waals surface area contributed by atoms with E-state index in [4.69, 9.17) is 14.2 Å². The molecule has 0 aliphatic heterocycles. The smallest absolute Gasteiger partial charge is 0.162 e. The maximum Gasteiger partial charge on any atom is 0.162 e. The zero-order chi connectivity index (χ0) is 17.6. The number of rotatable bonds is 7. The van der Waals surface area contributed by atoms with E-state index in [-0.39, 0.29) is 0 Å². The van der Waals surface area contributed by atoms with Gasteiger partial charge in [-0.1, -0.05) is 18.2 Å². The molecule has 1 heterocycles. The summed E-state index contributed by atoms with van der Waals surface area (Å²) in [7, 11) is 5.20. The number of aromatic nitrogens is 2. The van der Waals surface area contributed by atoms with Crippen LogP contribution in [0.1, 0.15) is 0 Å². The summed E-state index contributed by atoms with van der Waals surface area (Å²) < 4.78 is 16.5. The summed E-state index contributed by atoms with van der Waals surface area (Å²) >= 11 is 0. The molecule has 0 aliphatic carbocycles. The maximum atomic E-state index is 5.76. The number of ether oxygens (including phenoxy) is 3. The first-order valence-electron chi connectivity index (χ1n) is 7.98. The van der Waals surface area contributed by atoms with Crippen molar-refractivity contribution in [2.75, 3.05) is 39.3 Å². The Balaban J connectivity index is 1.79. The molecule has 0 bridgehead atoms. The number of anilines is 1. The van der Waals surface area contributed by atoms with Crippen LogP contribution in [0.5, 0.6) is 17.2 Å². The molecule has 0 saturated carbocycles. The van der Waals surface area contributed by atoms with Crippen molar-refractivity contribution in [1.29, 1.82) is 0 Å². The molecule has 3 rings (SSSR count). The van der Waals surface area contributed by atoms with Crippen molar-refractivity contribution in [2.24, 2.45) is 0 Å². The van der Waals surface area contributed by atoms with Gasteiger partial charge in [-0.3, -0.25) is 0 Å². The van der Waals surface area contributed by atoms with E-state index in [2.05, 4.69) is 9.97 Å². The van der Waals surface area contributed by atoms with E-state index in [1.165, 1.54) is 0 Å². The van der Waals surface area contributed by atoms with Gasteiger partial charge in [0, 0.05) is 18.5 Å². The van der Waals surface area contributed by atoms with Crippen molar-refractivity contribution in [3.63, 3.8) is 0 Å². The average Bonchev–Trinajstić information content (AvgIpc) is 2.67. The summed E-state index contributed by atoms with van der Waals surface area (Å²) in [4.78, 5) is 10.8. The number of para-hydroxylation sites is 1. The Hall–Kier alpha value is -3.02. The minimum atomic E-state index is 0.555. The number of hydrogen-bond donors (Lipinski definition) is 0. The van der Waals surface area contributed by atoms with Crippen molar-refractivity contribution in [3.8, 4) is 17.2 Å². The molecule has 6 nitrogen and oxygen atoms in total. The lowest BCUT2D eigenvalue weighted by Crippen LogP contribution is -2.25. The number of likely N-dealkylation sites (N-methyl/N-ethyl adjacent to an activating group) is 1. The van der Waals surface area contributed by atoms with Crippen LogP contribution >= 0.6 is 0 Å². The van der Waals surface area contributed by atoms with Crippen LogP contribution in [0.3, 0.4) is 0 Å². The molecule has 0 radical (unpaired) electrons. The Morgan fingerprint density at radius 3 is 2.40 bits per heavy atom. The molecule has 0 unspecified atom stereocenters. The molecule has 0 atom stereocenters. The highest BCUT2D eigenvalue weighted by atomic mass is 16.5. The third-order valence-electron chi connectivity index (χ3n) is 3.92. The summed E-state index contributed by atoms with van der Waals surface area (Å²) in [6.07, 6.45) is 1.55. The second-order valence-corrected chi connectivity index (χ2v) is 5.50. The van der Waals surface area contributed by atoms with E-state index < -0.39 is 0 Å². The Morgan fingerprint density at radius 2 is 1.68 bits per heavy atom. The molecule has 0 saturated heterocycles. The minimum absolute atomic E-state index is 0.555. The van der Waals surface area contributed by atoms with Gasteiger partial charge in [-0.05, 0) is 18.2 Å². The number of hydrogen-bond acceptors (Lipinski definition) is 6. The highest BCUT2D eigenvalue weighted by molar-refractivity contribution is 5.91. The minimum Gasteiger partial charge on any atom is -0.493 e. The van der Waals surface area contributed by atoms with Gasteiger partial charge in [0.05, 0.1) is 26.3 Å². The number of nitrogens with zero attached hydrogens (tertiary/aromatic N) is 3. The van der Waals surface area contributed by atoms with Gasteiger partial charge in [-0.25, -0.2) is 9.97 Å². The molecule has 2 aromatic carbocycles. The molecule has 0 aliphatic rings. The molecular weight excluding hydrogens is 318 g/mol. The lowest BCUT2D eigenvalue weighted by molar-refractivity contribution is 0.326. The molecule has 25 heavy (non-hydrogen) atoms. The SMILES string of the molecule is COc1cc2ncnc(N(C)CCOc3ccccc3)c2cc1OC. The van der Waals surface area contributed by atoms with Crippen LogP contribution in [0, 0.1) is 0 Å². The summed E-state index contributed by atoms with van der Waals surface area (Å²) in [6.45, 7) is 1.24. The molecule has 0 spiro atoms. The van der Waals surface area contributed by atoms with Gasteiger partial charge in [0.1, 0.15) is 24.5 Å². The Bertz CT molecular complexity index is 840. The zero-order valence-electron chi connectivity index (χ0n) is 14.6. The van der Waals surface area contributed by atoms with E-state index in [0.717, 1.165) is 22.5 Å². The fourth-order valence-corrected chi connectivity index (χ4v) is 2.60. The van der Waals surface area contributed by atoms with E-state index >= 15 is 0 Å². The quantitative estimate of drug-likeness (QED) is 0.659. The first-order valence-corrected chi connectivity index (χ1v) is 7.98. The summed E-state index contributed by atoms with van der Waals surface area (Å²) in [6, 6.07) is 13.5. The third-order valence-corrected chi connectivity index (χ3v) is 3.92. The van der Waals surface area contributed by atoms with E-state index in [1.54, 1.807) is 20.5 Å².